The van der Waals surface area contributed by atoms with Gasteiger partial charge in [-0.1, -0.05) is 155 Å². The molecule has 0 radical (unpaired) electrons. The summed E-state index contributed by atoms with van der Waals surface area (Å²) in [6.07, 6.45) is 6.57. The van der Waals surface area contributed by atoms with E-state index < -0.39 is 0 Å². The van der Waals surface area contributed by atoms with E-state index in [1.165, 1.54) is 22.3 Å². The molecule has 0 amide bonds. The van der Waals surface area contributed by atoms with Gasteiger partial charge in [0.05, 0.1) is 33.3 Å². The number of aromatic nitrogens is 10. The molecule has 11 rings (SSSR count). The number of fused-ring (bicyclic) bond motifs is 20. The quantitative estimate of drug-likeness (QED) is 0.135. The topological polar surface area (TPSA) is 131 Å². The fraction of sp³-hybridized carbons (Fsp3) is 0.276. The van der Waals surface area contributed by atoms with E-state index in [1.807, 2.05) is 0 Å². The Kier molecular flexibility index (Phi) is 14.0. The van der Waals surface area contributed by atoms with Gasteiger partial charge in [0.1, 0.15) is 0 Å². The number of halogens is 2. The van der Waals surface area contributed by atoms with Crippen LogP contribution in [-0.4, -0.2) is 39.9 Å². The Hall–Kier alpha value is -6.26. The van der Waals surface area contributed by atoms with Crippen molar-refractivity contribution in [3.8, 4) is 45.6 Å². The summed E-state index contributed by atoms with van der Waals surface area (Å²) in [5.74, 6) is 2.24. The molecule has 0 aliphatic carbocycles. The molecule has 2 aliphatic heterocycles. The molecule has 360 valence electrons. The van der Waals surface area contributed by atoms with E-state index in [4.69, 9.17) is 63.1 Å². The molecule has 7 heterocycles. The van der Waals surface area contributed by atoms with Gasteiger partial charge in [-0.15, -0.1) is 0 Å². The minimum atomic E-state index is -0.0826. The number of hydrogen-bond donors (Lipinski definition) is 0. The van der Waals surface area contributed by atoms with Gasteiger partial charge in [-0.05, 0) is 114 Å². The first-order valence-corrected chi connectivity index (χ1v) is 24.2. The molecule has 0 atom stereocenters. The fourth-order valence-electron chi connectivity index (χ4n) is 8.21. The van der Waals surface area contributed by atoms with E-state index in [1.54, 1.807) is 49.1 Å². The van der Waals surface area contributed by atoms with E-state index >= 15 is 0 Å². The van der Waals surface area contributed by atoms with Crippen molar-refractivity contribution in [1.82, 2.24) is 49.8 Å². The average Bonchev–Trinajstić information content (AvgIpc) is 4.03. The Morgan fingerprint density at radius 1 is 0.352 bits per heavy atom. The second-order valence-electron chi connectivity index (χ2n) is 21.9. The van der Waals surface area contributed by atoms with Crippen molar-refractivity contribution in [2.45, 2.75) is 105 Å². The van der Waals surface area contributed by atoms with Crippen molar-refractivity contribution in [2.24, 2.45) is 0 Å². The minimum Gasteiger partial charge on any atom is -0.357 e. The van der Waals surface area contributed by atoms with Crippen LogP contribution in [0.4, 0.5) is 0 Å². The zero-order valence-corrected chi connectivity index (χ0v) is 45.4. The van der Waals surface area contributed by atoms with Crippen LogP contribution in [0.1, 0.15) is 105 Å². The summed E-state index contributed by atoms with van der Waals surface area (Å²) in [5, 5.41) is 5.01. The van der Waals surface area contributed by atoms with Crippen molar-refractivity contribution >= 4 is 67.3 Å². The Labute approximate surface area is 438 Å². The molecule has 0 spiro atoms. The first-order chi connectivity index (χ1) is 33.0. The molecule has 0 fully saturated rings. The summed E-state index contributed by atoms with van der Waals surface area (Å²) in [6, 6.07) is 33.1. The Morgan fingerprint density at radius 2 is 0.662 bits per heavy atom. The van der Waals surface area contributed by atoms with Crippen LogP contribution in [0.2, 0.25) is 10.0 Å². The van der Waals surface area contributed by atoms with Gasteiger partial charge in [-0.3, -0.25) is 9.97 Å². The fourth-order valence-corrected chi connectivity index (χ4v) is 8.47. The van der Waals surface area contributed by atoms with Gasteiger partial charge in [0.15, 0.2) is 0 Å². The summed E-state index contributed by atoms with van der Waals surface area (Å²) < 4.78 is 0. The Balaban J connectivity index is 0.000000389. The minimum absolute atomic E-state index is 0. The molecule has 9 aromatic rings. The number of rotatable bonds is 0. The predicted molar refractivity (Wildman–Crippen MR) is 287 cm³/mol. The first-order valence-electron chi connectivity index (χ1n) is 23.4. The summed E-state index contributed by atoms with van der Waals surface area (Å²) >= 11 is 11.0. The molecule has 4 aromatic carbocycles. The number of hydrogen-bond acceptors (Lipinski definition) is 8. The maximum atomic E-state index is 5.48. The molecule has 0 saturated carbocycles. The van der Waals surface area contributed by atoms with Crippen LogP contribution in [0.3, 0.4) is 0 Å². The van der Waals surface area contributed by atoms with Gasteiger partial charge in [0.25, 0.3) is 0 Å². The average molecular weight is 1070 g/mol. The monoisotopic (exact) mass is 1060 g/mol. The maximum absolute atomic E-state index is 5.48. The van der Waals surface area contributed by atoms with Gasteiger partial charge in [-0.2, -0.15) is 0 Å². The third-order valence-corrected chi connectivity index (χ3v) is 12.9. The second-order valence-corrected chi connectivity index (χ2v) is 22.7. The Morgan fingerprint density at radius 3 is 0.958 bits per heavy atom. The van der Waals surface area contributed by atoms with Crippen LogP contribution in [-0.2, 0) is 41.1 Å². The molecular weight excluding hydrogens is 1010 g/mol. The van der Waals surface area contributed by atoms with Crippen molar-refractivity contribution < 1.29 is 19.5 Å². The van der Waals surface area contributed by atoms with Crippen LogP contribution < -0.4 is 9.97 Å². The van der Waals surface area contributed by atoms with E-state index in [9.17, 15) is 0 Å². The number of pyridine rings is 2. The van der Waals surface area contributed by atoms with Crippen LogP contribution in [0.5, 0.6) is 0 Å². The molecule has 5 aromatic heterocycles. The van der Waals surface area contributed by atoms with Crippen molar-refractivity contribution in [1.29, 1.82) is 0 Å². The van der Waals surface area contributed by atoms with Crippen LogP contribution in [0.15, 0.2) is 122 Å². The Bertz CT molecular complexity index is 3380. The normalized spacial score (nSPS) is 12.3. The van der Waals surface area contributed by atoms with Crippen LogP contribution in [0, 0.1) is 0 Å². The third-order valence-electron chi connectivity index (χ3n) is 12.4. The van der Waals surface area contributed by atoms with E-state index in [0.717, 1.165) is 43.8 Å². The number of benzene rings is 4. The summed E-state index contributed by atoms with van der Waals surface area (Å²) in [7, 11) is 0. The van der Waals surface area contributed by atoms with Gasteiger partial charge in [0.2, 0.25) is 0 Å². The molecule has 8 bridgehead atoms. The van der Waals surface area contributed by atoms with Crippen molar-refractivity contribution in [3.05, 3.63) is 154 Å². The van der Waals surface area contributed by atoms with Gasteiger partial charge in [0, 0.05) is 69.6 Å². The number of nitrogens with zero attached hydrogens (tertiary/aromatic N) is 10. The van der Waals surface area contributed by atoms with E-state index in [2.05, 4.69) is 166 Å². The molecule has 10 nitrogen and oxygen atoms in total. The SMILES string of the molecule is CC(C)(C)c1ccc2c(c1)-c1nc-2nc2[n-]c(nc3nc(nc4[n-]c(n1)c1ccc(C(C)(C)C)cc41)-c1ccc(C(C)(C)C)cc1-3)c1ccc(C(C)(C)C)cc21.Clc1cccnc1.Clc1cccnc1.[Ru+2]. The molecule has 2 aliphatic rings. The third kappa shape index (κ3) is 10.8. The molecular formula is C58H56Cl2N10Ru. The summed E-state index contributed by atoms with van der Waals surface area (Å²) in [6.45, 7) is 26.6. The predicted octanol–water partition coefficient (Wildman–Crippen LogP) is 14.8. The molecule has 0 N–H and O–H groups in total. The van der Waals surface area contributed by atoms with Crippen LogP contribution >= 0.6 is 23.2 Å². The van der Waals surface area contributed by atoms with Gasteiger partial charge < -0.3 is 29.9 Å². The summed E-state index contributed by atoms with van der Waals surface area (Å²) in [5.41, 5.74) is 10.3. The first kappa shape index (κ1) is 51.1. The molecule has 13 heteroatoms. The van der Waals surface area contributed by atoms with E-state index in [-0.39, 0.29) is 41.1 Å². The zero-order chi connectivity index (χ0) is 49.9. The smallest absolute Gasteiger partial charge is 0.357 e. The second kappa shape index (κ2) is 19.4. The van der Waals surface area contributed by atoms with Gasteiger partial charge >= 0.3 is 19.5 Å². The maximum Gasteiger partial charge on any atom is 2.00 e. The molecule has 0 unspecified atom stereocenters. The standard InChI is InChI=1S/C48H48N8.2C5H4ClN.Ru/c1-45(2,3)25-13-17-29-33(21-25)41-49-37(29)54-42-35-23-27(47(7,8)9)15-19-31(35)39(51-42)56-44-36-24-28(48(10,11)12)16-20-32(36)40(52-44)55-43-34-22-26(46(4,5)6)14-18-30(34)38(50-43)53-41;2*6-5-2-1-3-7-4-5;/h13-24H,1-12H3;2*1-4H;/q-2;;;+2. The van der Waals surface area contributed by atoms with Crippen LogP contribution in [0.25, 0.3) is 89.7 Å². The van der Waals surface area contributed by atoms with E-state index in [0.29, 0.717) is 55.9 Å². The van der Waals surface area contributed by atoms with Crippen molar-refractivity contribution in [2.75, 3.05) is 0 Å². The molecule has 0 saturated heterocycles. The van der Waals surface area contributed by atoms with Crippen molar-refractivity contribution in [3.63, 3.8) is 0 Å². The molecule has 71 heavy (non-hydrogen) atoms. The zero-order valence-electron chi connectivity index (χ0n) is 42.1. The largest absolute Gasteiger partial charge is 2.00 e. The summed E-state index contributed by atoms with van der Waals surface area (Å²) in [4.78, 5) is 49.1. The van der Waals surface area contributed by atoms with Gasteiger partial charge in [-0.25, -0.2) is 9.97 Å².